The molecule has 3 aromatic heterocycles. The summed E-state index contributed by atoms with van der Waals surface area (Å²) in [6.07, 6.45) is 1.77. The van der Waals surface area contributed by atoms with E-state index in [4.69, 9.17) is 0 Å². The molecular weight excluding hydrogens is 276 g/mol. The van der Waals surface area contributed by atoms with Gasteiger partial charge in [0.25, 0.3) is 5.56 Å². The Labute approximate surface area is 126 Å². The van der Waals surface area contributed by atoms with Gasteiger partial charge < -0.3 is 0 Å². The van der Waals surface area contributed by atoms with Gasteiger partial charge in [-0.15, -0.1) is 0 Å². The van der Waals surface area contributed by atoms with Gasteiger partial charge in [0.2, 0.25) is 0 Å². The Balaban J connectivity index is 2.12. The largest absolute Gasteiger partial charge is 0.296 e. The fraction of sp³-hybridized carbons (Fsp3) is 0.118. The Morgan fingerprint density at radius 1 is 1.09 bits per heavy atom. The van der Waals surface area contributed by atoms with E-state index >= 15 is 0 Å². The van der Waals surface area contributed by atoms with Crippen LogP contribution in [0.5, 0.6) is 0 Å². The predicted octanol–water partition coefficient (Wildman–Crippen LogP) is 2.56. The van der Waals surface area contributed by atoms with Crippen molar-refractivity contribution < 1.29 is 0 Å². The van der Waals surface area contributed by atoms with E-state index in [0.717, 1.165) is 28.1 Å². The number of pyridine rings is 1. The minimum atomic E-state index is -0.0135. The van der Waals surface area contributed by atoms with Crippen molar-refractivity contribution in [2.75, 3.05) is 0 Å². The predicted molar refractivity (Wildman–Crippen MR) is 85.9 cm³/mol. The Kier molecular flexibility index (Phi) is 2.63. The van der Waals surface area contributed by atoms with Gasteiger partial charge in [-0.2, -0.15) is 5.10 Å². The maximum atomic E-state index is 12.5. The van der Waals surface area contributed by atoms with Gasteiger partial charge in [-0.05, 0) is 31.2 Å². The molecule has 0 unspecified atom stereocenters. The third-order valence-corrected chi connectivity index (χ3v) is 3.89. The lowest BCUT2D eigenvalue weighted by molar-refractivity contribution is 0.850. The lowest BCUT2D eigenvalue weighted by Crippen LogP contribution is -2.19. The molecule has 108 valence electrons. The third-order valence-electron chi connectivity index (χ3n) is 3.89. The minimum Gasteiger partial charge on any atom is -0.296 e. The number of nitrogens with zero attached hydrogens (tertiary/aromatic N) is 4. The highest BCUT2D eigenvalue weighted by Crippen LogP contribution is 2.21. The molecular formula is C17H14N4O. The summed E-state index contributed by atoms with van der Waals surface area (Å²) >= 11 is 0. The molecule has 5 nitrogen and oxygen atoms in total. The fourth-order valence-corrected chi connectivity index (χ4v) is 2.76. The molecule has 0 amide bonds. The first-order valence-corrected chi connectivity index (χ1v) is 7.06. The highest BCUT2D eigenvalue weighted by molar-refractivity contribution is 5.81. The van der Waals surface area contributed by atoms with E-state index in [1.54, 1.807) is 17.8 Å². The molecule has 4 rings (SSSR count). The molecule has 22 heavy (non-hydrogen) atoms. The zero-order valence-corrected chi connectivity index (χ0v) is 12.3. The average Bonchev–Trinajstić information content (AvgIpc) is 2.98. The van der Waals surface area contributed by atoms with Crippen molar-refractivity contribution in [2.45, 2.75) is 6.92 Å². The summed E-state index contributed by atoms with van der Waals surface area (Å²) in [5.41, 5.74) is 4.34. The zero-order chi connectivity index (χ0) is 15.3. The van der Waals surface area contributed by atoms with Gasteiger partial charge in [0.15, 0.2) is 0 Å². The summed E-state index contributed by atoms with van der Waals surface area (Å²) in [5.74, 6) is 0. The number of aryl methyl sites for hydroxylation is 2. The van der Waals surface area contributed by atoms with Crippen molar-refractivity contribution in [2.24, 2.45) is 7.05 Å². The van der Waals surface area contributed by atoms with Crippen LogP contribution in [-0.4, -0.2) is 19.2 Å². The van der Waals surface area contributed by atoms with Gasteiger partial charge in [0.05, 0.1) is 16.6 Å². The quantitative estimate of drug-likeness (QED) is 0.541. The van der Waals surface area contributed by atoms with Crippen LogP contribution in [0.25, 0.3) is 27.8 Å². The van der Waals surface area contributed by atoms with Crippen molar-refractivity contribution in [3.8, 4) is 11.3 Å². The van der Waals surface area contributed by atoms with Gasteiger partial charge in [-0.25, -0.2) is 4.52 Å². The summed E-state index contributed by atoms with van der Waals surface area (Å²) in [4.78, 5) is 16.7. The molecule has 0 fully saturated rings. The van der Waals surface area contributed by atoms with E-state index in [9.17, 15) is 4.79 Å². The van der Waals surface area contributed by atoms with E-state index in [1.165, 1.54) is 0 Å². The van der Waals surface area contributed by atoms with Crippen LogP contribution in [0, 0.1) is 6.92 Å². The molecule has 1 aromatic carbocycles. The number of hydrogen-bond acceptors (Lipinski definition) is 3. The van der Waals surface area contributed by atoms with Crippen molar-refractivity contribution >= 4 is 16.6 Å². The summed E-state index contributed by atoms with van der Waals surface area (Å²) < 4.78 is 3.45. The van der Waals surface area contributed by atoms with Gasteiger partial charge in [-0.1, -0.05) is 12.1 Å². The normalized spacial score (nSPS) is 11.4. The van der Waals surface area contributed by atoms with Crippen LogP contribution in [0.1, 0.15) is 5.69 Å². The van der Waals surface area contributed by atoms with E-state index in [2.05, 4.69) is 10.1 Å². The monoisotopic (exact) mass is 290 g/mol. The molecule has 0 atom stereocenters. The summed E-state index contributed by atoms with van der Waals surface area (Å²) in [6, 6.07) is 13.4. The maximum absolute atomic E-state index is 12.5. The average molecular weight is 290 g/mol. The Morgan fingerprint density at radius 2 is 1.91 bits per heavy atom. The van der Waals surface area contributed by atoms with Crippen LogP contribution in [0.15, 0.2) is 53.5 Å². The lowest BCUT2D eigenvalue weighted by atomic mass is 10.2. The molecule has 0 aliphatic heterocycles. The van der Waals surface area contributed by atoms with Crippen molar-refractivity contribution in [3.05, 3.63) is 64.7 Å². The van der Waals surface area contributed by atoms with Crippen molar-refractivity contribution in [1.29, 1.82) is 0 Å². The molecule has 0 saturated heterocycles. The van der Waals surface area contributed by atoms with Crippen LogP contribution in [0.2, 0.25) is 0 Å². The molecule has 0 spiro atoms. The Hall–Kier alpha value is -2.95. The van der Waals surface area contributed by atoms with Crippen LogP contribution in [-0.2, 0) is 7.05 Å². The molecule has 3 heterocycles. The van der Waals surface area contributed by atoms with Gasteiger partial charge >= 0.3 is 0 Å². The number of fused-ring (bicyclic) bond motifs is 3. The first kappa shape index (κ1) is 12.8. The maximum Gasteiger partial charge on any atom is 0.261 e. The molecule has 0 aliphatic rings. The second kappa shape index (κ2) is 4.53. The van der Waals surface area contributed by atoms with Gasteiger partial charge in [0.1, 0.15) is 5.65 Å². The Morgan fingerprint density at radius 3 is 2.73 bits per heavy atom. The number of benzene rings is 1. The highest BCUT2D eigenvalue weighted by atomic mass is 16.1. The second-order valence-corrected chi connectivity index (χ2v) is 5.37. The fourth-order valence-electron chi connectivity index (χ4n) is 2.76. The molecule has 4 aromatic rings. The van der Waals surface area contributed by atoms with Crippen LogP contribution in [0.4, 0.5) is 0 Å². The SMILES string of the molecule is Cc1cc(-c2cc3n(C)c(=O)c4ccccc4n3n2)ccn1. The van der Waals surface area contributed by atoms with Crippen LogP contribution < -0.4 is 5.56 Å². The summed E-state index contributed by atoms with van der Waals surface area (Å²) in [6.45, 7) is 1.95. The van der Waals surface area contributed by atoms with Crippen molar-refractivity contribution in [3.63, 3.8) is 0 Å². The van der Waals surface area contributed by atoms with Crippen molar-refractivity contribution in [1.82, 2.24) is 19.2 Å². The van der Waals surface area contributed by atoms with Crippen LogP contribution in [0.3, 0.4) is 0 Å². The number of rotatable bonds is 1. The molecule has 0 saturated carbocycles. The highest BCUT2D eigenvalue weighted by Gasteiger charge is 2.12. The lowest BCUT2D eigenvalue weighted by Gasteiger charge is -2.05. The number of hydrogen-bond donors (Lipinski definition) is 0. The van der Waals surface area contributed by atoms with E-state index in [1.807, 2.05) is 53.9 Å². The standard InChI is InChI=1S/C17H14N4O/c1-11-9-12(7-8-18-11)14-10-16-20(2)17(22)13-5-3-4-6-15(13)21(16)19-14/h3-10H,1-2H3. The van der Waals surface area contributed by atoms with E-state index in [0.29, 0.717) is 5.39 Å². The first-order valence-electron chi connectivity index (χ1n) is 7.06. The van der Waals surface area contributed by atoms with E-state index < -0.39 is 0 Å². The van der Waals surface area contributed by atoms with Crippen LogP contribution >= 0.6 is 0 Å². The van der Waals surface area contributed by atoms with E-state index in [-0.39, 0.29) is 5.56 Å². The first-order chi connectivity index (χ1) is 10.6. The van der Waals surface area contributed by atoms with Gasteiger partial charge in [0, 0.05) is 30.6 Å². The summed E-state index contributed by atoms with van der Waals surface area (Å²) in [7, 11) is 1.77. The smallest absolute Gasteiger partial charge is 0.261 e. The van der Waals surface area contributed by atoms with Gasteiger partial charge in [-0.3, -0.25) is 14.3 Å². The zero-order valence-electron chi connectivity index (χ0n) is 12.3. The molecule has 0 radical (unpaired) electrons. The molecule has 0 aliphatic carbocycles. The Bertz CT molecular complexity index is 1080. The number of aromatic nitrogens is 4. The summed E-state index contributed by atoms with van der Waals surface area (Å²) in [5, 5.41) is 5.35. The second-order valence-electron chi connectivity index (χ2n) is 5.37. The molecule has 5 heteroatoms. The minimum absolute atomic E-state index is 0.0135. The third kappa shape index (κ3) is 1.75. The number of para-hydroxylation sites is 1. The topological polar surface area (TPSA) is 52.2 Å². The molecule has 0 bridgehead atoms. The molecule has 0 N–H and O–H groups in total.